The van der Waals surface area contributed by atoms with Gasteiger partial charge in [-0.05, 0) is 44.2 Å². The maximum atomic E-state index is 13.1. The molecule has 0 radical (unpaired) electrons. The summed E-state index contributed by atoms with van der Waals surface area (Å²) in [5.74, 6) is 5.79. The highest BCUT2D eigenvalue weighted by molar-refractivity contribution is 5.43. The zero-order valence-corrected chi connectivity index (χ0v) is 8.74. The first-order valence-corrected chi connectivity index (χ1v) is 4.55. The third-order valence-corrected chi connectivity index (χ3v) is 1.99. The predicted octanol–water partition coefficient (Wildman–Crippen LogP) is 2.01. The molecule has 14 heavy (non-hydrogen) atoms. The average molecular weight is 191 g/mol. The number of nitrogens with one attached hydrogen (secondary N) is 1. The third-order valence-electron chi connectivity index (χ3n) is 1.99. The van der Waals surface area contributed by atoms with Gasteiger partial charge in [-0.3, -0.25) is 0 Å². The second kappa shape index (κ2) is 4.78. The van der Waals surface area contributed by atoms with Gasteiger partial charge in [0.15, 0.2) is 0 Å². The van der Waals surface area contributed by atoms with Crippen LogP contribution >= 0.6 is 0 Å². The Morgan fingerprint density at radius 2 is 2.00 bits per heavy atom. The third kappa shape index (κ3) is 2.58. The van der Waals surface area contributed by atoms with E-state index in [9.17, 15) is 4.39 Å². The molecular formula is C12H14FN. The van der Waals surface area contributed by atoms with Crippen molar-refractivity contribution in [2.75, 3.05) is 13.6 Å². The largest absolute Gasteiger partial charge is 0.309 e. The SMILES string of the molecule is CNCC#Cc1cc(C)c(F)cc1C. The summed E-state index contributed by atoms with van der Waals surface area (Å²) in [6, 6.07) is 3.31. The molecule has 1 aromatic carbocycles. The Balaban J connectivity index is 3.00. The van der Waals surface area contributed by atoms with Crippen molar-refractivity contribution in [3.05, 3.63) is 34.6 Å². The van der Waals surface area contributed by atoms with Gasteiger partial charge in [-0.2, -0.15) is 0 Å². The van der Waals surface area contributed by atoms with E-state index in [1.54, 1.807) is 13.0 Å². The smallest absolute Gasteiger partial charge is 0.126 e. The lowest BCUT2D eigenvalue weighted by Crippen LogP contribution is -2.04. The van der Waals surface area contributed by atoms with Crippen molar-refractivity contribution < 1.29 is 4.39 Å². The fourth-order valence-corrected chi connectivity index (χ4v) is 1.14. The molecule has 0 aliphatic carbocycles. The van der Waals surface area contributed by atoms with Crippen molar-refractivity contribution in [1.82, 2.24) is 5.32 Å². The van der Waals surface area contributed by atoms with Gasteiger partial charge in [-0.15, -0.1) is 0 Å². The first kappa shape index (κ1) is 10.7. The molecule has 1 aromatic rings. The molecule has 0 aliphatic heterocycles. The van der Waals surface area contributed by atoms with E-state index >= 15 is 0 Å². The van der Waals surface area contributed by atoms with Crippen molar-refractivity contribution in [2.45, 2.75) is 13.8 Å². The molecule has 1 rings (SSSR count). The lowest BCUT2D eigenvalue weighted by Gasteiger charge is -2.01. The van der Waals surface area contributed by atoms with Crippen LogP contribution in [0.5, 0.6) is 0 Å². The minimum absolute atomic E-state index is 0.165. The summed E-state index contributed by atoms with van der Waals surface area (Å²) in [7, 11) is 1.84. The van der Waals surface area contributed by atoms with Crippen molar-refractivity contribution in [3.8, 4) is 11.8 Å². The van der Waals surface area contributed by atoms with Gasteiger partial charge in [0.1, 0.15) is 5.82 Å². The van der Waals surface area contributed by atoms with Crippen LogP contribution in [-0.2, 0) is 0 Å². The van der Waals surface area contributed by atoms with Crippen molar-refractivity contribution in [2.24, 2.45) is 0 Å². The van der Waals surface area contributed by atoms with Gasteiger partial charge in [0.25, 0.3) is 0 Å². The second-order valence-corrected chi connectivity index (χ2v) is 3.25. The molecule has 0 unspecified atom stereocenters. The zero-order valence-electron chi connectivity index (χ0n) is 8.74. The lowest BCUT2D eigenvalue weighted by atomic mass is 10.1. The van der Waals surface area contributed by atoms with E-state index in [2.05, 4.69) is 17.2 Å². The standard InChI is InChI=1S/C12H14FN/c1-9-8-12(13)10(2)7-11(9)5-4-6-14-3/h7-8,14H,6H2,1-3H3. The number of hydrogen-bond donors (Lipinski definition) is 1. The number of aryl methyl sites for hydroxylation is 2. The van der Waals surface area contributed by atoms with Crippen LogP contribution < -0.4 is 5.32 Å². The monoisotopic (exact) mass is 191 g/mol. The maximum Gasteiger partial charge on any atom is 0.126 e. The van der Waals surface area contributed by atoms with Crippen LogP contribution in [-0.4, -0.2) is 13.6 Å². The summed E-state index contributed by atoms with van der Waals surface area (Å²) >= 11 is 0. The summed E-state index contributed by atoms with van der Waals surface area (Å²) in [5, 5.41) is 2.94. The predicted molar refractivity (Wildman–Crippen MR) is 56.7 cm³/mol. The van der Waals surface area contributed by atoms with Crippen LogP contribution in [0, 0.1) is 31.5 Å². The van der Waals surface area contributed by atoms with Gasteiger partial charge >= 0.3 is 0 Å². The van der Waals surface area contributed by atoms with Gasteiger partial charge < -0.3 is 5.32 Å². The zero-order chi connectivity index (χ0) is 10.6. The highest BCUT2D eigenvalue weighted by Crippen LogP contribution is 2.13. The highest BCUT2D eigenvalue weighted by Gasteiger charge is 2.01. The summed E-state index contributed by atoms with van der Waals surface area (Å²) in [4.78, 5) is 0. The molecule has 0 atom stereocenters. The first-order chi connectivity index (χ1) is 6.65. The van der Waals surface area contributed by atoms with E-state index in [-0.39, 0.29) is 5.82 Å². The molecule has 0 amide bonds. The molecule has 0 saturated carbocycles. The van der Waals surface area contributed by atoms with E-state index in [1.807, 2.05) is 14.0 Å². The minimum atomic E-state index is -0.165. The molecular weight excluding hydrogens is 177 g/mol. The Kier molecular flexibility index (Phi) is 3.67. The van der Waals surface area contributed by atoms with Crippen LogP contribution in [0.15, 0.2) is 12.1 Å². The number of benzene rings is 1. The topological polar surface area (TPSA) is 12.0 Å². The summed E-state index contributed by atoms with van der Waals surface area (Å²) in [6.07, 6.45) is 0. The van der Waals surface area contributed by atoms with Crippen molar-refractivity contribution >= 4 is 0 Å². The van der Waals surface area contributed by atoms with Gasteiger partial charge in [-0.25, -0.2) is 4.39 Å². The Labute approximate surface area is 84.3 Å². The van der Waals surface area contributed by atoms with Crippen molar-refractivity contribution in [1.29, 1.82) is 0 Å². The summed E-state index contributed by atoms with van der Waals surface area (Å²) < 4.78 is 13.1. The summed E-state index contributed by atoms with van der Waals surface area (Å²) in [5.41, 5.74) is 2.43. The Hall–Kier alpha value is -1.33. The van der Waals surface area contributed by atoms with Crippen LogP contribution in [0.4, 0.5) is 4.39 Å². The lowest BCUT2D eigenvalue weighted by molar-refractivity contribution is 0.617. The Morgan fingerprint density at radius 3 is 2.64 bits per heavy atom. The quantitative estimate of drug-likeness (QED) is 0.670. The highest BCUT2D eigenvalue weighted by atomic mass is 19.1. The summed E-state index contributed by atoms with van der Waals surface area (Å²) in [6.45, 7) is 4.26. The van der Waals surface area contributed by atoms with Gasteiger partial charge in [0.2, 0.25) is 0 Å². The molecule has 74 valence electrons. The maximum absolute atomic E-state index is 13.1. The van der Waals surface area contributed by atoms with Crippen molar-refractivity contribution in [3.63, 3.8) is 0 Å². The van der Waals surface area contributed by atoms with E-state index < -0.39 is 0 Å². The molecule has 0 aromatic heterocycles. The van der Waals surface area contributed by atoms with Gasteiger partial charge in [0.05, 0.1) is 6.54 Å². The molecule has 0 bridgehead atoms. The second-order valence-electron chi connectivity index (χ2n) is 3.25. The fourth-order valence-electron chi connectivity index (χ4n) is 1.14. The Morgan fingerprint density at radius 1 is 1.29 bits per heavy atom. The molecule has 0 heterocycles. The normalized spacial score (nSPS) is 9.43. The van der Waals surface area contributed by atoms with E-state index in [1.165, 1.54) is 6.07 Å². The molecule has 1 N–H and O–H groups in total. The molecule has 2 heteroatoms. The minimum Gasteiger partial charge on any atom is -0.309 e. The molecule has 0 saturated heterocycles. The van der Waals surface area contributed by atoms with Crippen LogP contribution in [0.2, 0.25) is 0 Å². The van der Waals surface area contributed by atoms with Crippen LogP contribution in [0.3, 0.4) is 0 Å². The number of hydrogen-bond acceptors (Lipinski definition) is 1. The Bertz CT molecular complexity index is 385. The first-order valence-electron chi connectivity index (χ1n) is 4.55. The molecule has 1 nitrogen and oxygen atoms in total. The van der Waals surface area contributed by atoms with E-state index in [0.717, 1.165) is 11.1 Å². The molecule has 0 spiro atoms. The van der Waals surface area contributed by atoms with Crippen LogP contribution in [0.25, 0.3) is 0 Å². The van der Waals surface area contributed by atoms with Gasteiger partial charge in [-0.1, -0.05) is 11.8 Å². The number of halogens is 1. The molecule has 0 aliphatic rings. The fraction of sp³-hybridized carbons (Fsp3) is 0.333. The van der Waals surface area contributed by atoms with Gasteiger partial charge in [0, 0.05) is 5.56 Å². The average Bonchev–Trinajstić information content (AvgIpc) is 2.14. The number of rotatable bonds is 1. The van der Waals surface area contributed by atoms with E-state index in [0.29, 0.717) is 12.1 Å². The van der Waals surface area contributed by atoms with Crippen LogP contribution in [0.1, 0.15) is 16.7 Å². The van der Waals surface area contributed by atoms with E-state index in [4.69, 9.17) is 0 Å². The molecule has 0 fully saturated rings.